The maximum absolute atomic E-state index is 6.11. The second-order valence-electron chi connectivity index (χ2n) is 4.21. The van der Waals surface area contributed by atoms with E-state index in [1.165, 1.54) is 0 Å². The Kier molecular flexibility index (Phi) is 1.77. The van der Waals surface area contributed by atoms with Crippen LogP contribution in [0.2, 0.25) is 0 Å². The third kappa shape index (κ3) is 1.18. The number of rotatable bonds is 0. The largest absolute Gasteiger partial charge is 0.379 e. The fraction of sp³-hybridized carbons (Fsp3) is 1.00. The molecule has 0 amide bonds. The summed E-state index contributed by atoms with van der Waals surface area (Å²) in [6, 6.07) is 0. The van der Waals surface area contributed by atoms with Crippen molar-refractivity contribution >= 4 is 0 Å². The van der Waals surface area contributed by atoms with Crippen molar-refractivity contribution in [1.29, 1.82) is 0 Å². The van der Waals surface area contributed by atoms with Crippen molar-refractivity contribution in [2.24, 2.45) is 11.1 Å². The van der Waals surface area contributed by atoms with Gasteiger partial charge in [0.25, 0.3) is 0 Å². The normalized spacial score (nSPS) is 34.8. The van der Waals surface area contributed by atoms with Crippen molar-refractivity contribution in [2.75, 3.05) is 13.2 Å². The van der Waals surface area contributed by atoms with Crippen molar-refractivity contribution in [3.63, 3.8) is 0 Å². The molecule has 0 aromatic rings. The molecule has 2 N–H and O–H groups in total. The Balaban J connectivity index is 2.67. The summed E-state index contributed by atoms with van der Waals surface area (Å²) in [5.74, 6) is 0. The molecule has 0 saturated carbocycles. The van der Waals surface area contributed by atoms with Crippen molar-refractivity contribution in [3.05, 3.63) is 0 Å². The predicted molar refractivity (Wildman–Crippen MR) is 41.8 cm³/mol. The highest BCUT2D eigenvalue weighted by atomic mass is 16.5. The van der Waals surface area contributed by atoms with Crippen LogP contribution in [0.25, 0.3) is 0 Å². The van der Waals surface area contributed by atoms with E-state index in [1.54, 1.807) is 0 Å². The zero-order valence-electron chi connectivity index (χ0n) is 7.11. The number of hydrogen-bond donors (Lipinski definition) is 1. The van der Waals surface area contributed by atoms with E-state index in [1.807, 2.05) is 0 Å². The Morgan fingerprint density at radius 2 is 2.00 bits per heavy atom. The van der Waals surface area contributed by atoms with Crippen molar-refractivity contribution in [1.82, 2.24) is 0 Å². The highest BCUT2D eigenvalue weighted by Crippen LogP contribution is 2.34. The summed E-state index contributed by atoms with van der Waals surface area (Å²) in [4.78, 5) is 0. The van der Waals surface area contributed by atoms with Crippen LogP contribution in [0.4, 0.5) is 0 Å². The Labute approximate surface area is 62.7 Å². The van der Waals surface area contributed by atoms with Crippen molar-refractivity contribution in [3.8, 4) is 0 Å². The van der Waals surface area contributed by atoms with Gasteiger partial charge in [-0.3, -0.25) is 0 Å². The average molecular weight is 143 g/mol. The molecule has 1 heterocycles. The van der Waals surface area contributed by atoms with Crippen LogP contribution in [0.3, 0.4) is 0 Å². The van der Waals surface area contributed by atoms with E-state index in [0.717, 1.165) is 19.6 Å². The van der Waals surface area contributed by atoms with E-state index in [2.05, 4.69) is 20.8 Å². The molecule has 1 fully saturated rings. The van der Waals surface area contributed by atoms with Crippen LogP contribution in [0.15, 0.2) is 0 Å². The van der Waals surface area contributed by atoms with Crippen molar-refractivity contribution < 1.29 is 4.74 Å². The molecule has 1 aliphatic rings. The first-order chi connectivity index (χ1) is 4.46. The van der Waals surface area contributed by atoms with Crippen molar-refractivity contribution in [2.45, 2.75) is 32.7 Å². The monoisotopic (exact) mass is 143 g/mol. The van der Waals surface area contributed by atoms with Crippen LogP contribution in [0, 0.1) is 5.41 Å². The van der Waals surface area contributed by atoms with Gasteiger partial charge in [-0.25, -0.2) is 0 Å². The summed E-state index contributed by atoms with van der Waals surface area (Å²) in [7, 11) is 0. The lowest BCUT2D eigenvalue weighted by atomic mass is 9.74. The van der Waals surface area contributed by atoms with Gasteiger partial charge in [-0.2, -0.15) is 0 Å². The van der Waals surface area contributed by atoms with E-state index in [-0.39, 0.29) is 11.0 Å². The molecule has 2 nitrogen and oxygen atoms in total. The third-order valence-electron chi connectivity index (χ3n) is 2.55. The summed E-state index contributed by atoms with van der Waals surface area (Å²) in [5, 5.41) is 0. The minimum atomic E-state index is -0.0903. The molecule has 0 unspecified atom stereocenters. The van der Waals surface area contributed by atoms with Gasteiger partial charge < -0.3 is 10.5 Å². The van der Waals surface area contributed by atoms with Gasteiger partial charge in [-0.05, 0) is 11.8 Å². The first kappa shape index (κ1) is 8.02. The van der Waals surface area contributed by atoms with E-state index in [4.69, 9.17) is 10.5 Å². The van der Waals surface area contributed by atoms with E-state index in [9.17, 15) is 0 Å². The van der Waals surface area contributed by atoms with E-state index in [0.29, 0.717) is 0 Å². The second kappa shape index (κ2) is 2.21. The lowest BCUT2D eigenvalue weighted by molar-refractivity contribution is 0.129. The van der Waals surface area contributed by atoms with Crippen LogP contribution in [-0.4, -0.2) is 18.8 Å². The first-order valence-electron chi connectivity index (χ1n) is 3.82. The number of ether oxygens (including phenoxy) is 1. The maximum Gasteiger partial charge on any atom is 0.0652 e. The molecule has 0 bridgehead atoms. The highest BCUT2D eigenvalue weighted by Gasteiger charge is 2.41. The Morgan fingerprint density at radius 1 is 1.40 bits per heavy atom. The van der Waals surface area contributed by atoms with Gasteiger partial charge in [-0.15, -0.1) is 0 Å². The van der Waals surface area contributed by atoms with Crippen LogP contribution in [0.5, 0.6) is 0 Å². The zero-order chi connectivity index (χ0) is 7.83. The molecule has 60 valence electrons. The smallest absolute Gasteiger partial charge is 0.0652 e. The molecule has 0 aromatic heterocycles. The topological polar surface area (TPSA) is 35.2 Å². The van der Waals surface area contributed by atoms with E-state index < -0.39 is 0 Å². The molecule has 1 atom stereocenters. The van der Waals surface area contributed by atoms with Crippen LogP contribution >= 0.6 is 0 Å². The average Bonchev–Trinajstić information content (AvgIpc) is 2.13. The molecule has 0 aliphatic carbocycles. The molecular weight excluding hydrogens is 126 g/mol. The lowest BCUT2D eigenvalue weighted by Gasteiger charge is -2.36. The molecule has 0 spiro atoms. The molecule has 0 aromatic carbocycles. The van der Waals surface area contributed by atoms with Gasteiger partial charge in [0, 0.05) is 12.1 Å². The van der Waals surface area contributed by atoms with Gasteiger partial charge in [0.05, 0.1) is 6.61 Å². The number of hydrogen-bond acceptors (Lipinski definition) is 2. The van der Waals surface area contributed by atoms with Crippen LogP contribution in [-0.2, 0) is 4.74 Å². The number of nitrogens with two attached hydrogens (primary N) is 1. The van der Waals surface area contributed by atoms with Gasteiger partial charge in [0.1, 0.15) is 0 Å². The molecular formula is C8H17NO. The SMILES string of the molecule is CC(C)(C)[C@]1(N)CCOC1. The molecule has 10 heavy (non-hydrogen) atoms. The predicted octanol–water partition coefficient (Wildman–Crippen LogP) is 1.15. The Hall–Kier alpha value is -0.0800. The van der Waals surface area contributed by atoms with Crippen LogP contribution in [0.1, 0.15) is 27.2 Å². The third-order valence-corrected chi connectivity index (χ3v) is 2.55. The van der Waals surface area contributed by atoms with E-state index >= 15 is 0 Å². The van der Waals surface area contributed by atoms with Gasteiger partial charge in [0.15, 0.2) is 0 Å². The summed E-state index contributed by atoms with van der Waals surface area (Å²) in [5.41, 5.74) is 6.19. The Morgan fingerprint density at radius 3 is 2.20 bits per heavy atom. The Bertz CT molecular complexity index is 120. The maximum atomic E-state index is 6.11. The fourth-order valence-electron chi connectivity index (χ4n) is 1.17. The summed E-state index contributed by atoms with van der Waals surface area (Å²) in [6.45, 7) is 8.05. The molecule has 2 heteroatoms. The van der Waals surface area contributed by atoms with Gasteiger partial charge in [0.2, 0.25) is 0 Å². The van der Waals surface area contributed by atoms with Gasteiger partial charge in [-0.1, -0.05) is 20.8 Å². The molecule has 1 saturated heterocycles. The summed E-state index contributed by atoms with van der Waals surface area (Å²) < 4.78 is 5.26. The van der Waals surface area contributed by atoms with Crippen LogP contribution < -0.4 is 5.73 Å². The zero-order valence-corrected chi connectivity index (χ0v) is 7.11. The van der Waals surface area contributed by atoms with Gasteiger partial charge >= 0.3 is 0 Å². The minimum Gasteiger partial charge on any atom is -0.379 e. The fourth-order valence-corrected chi connectivity index (χ4v) is 1.17. The molecule has 1 rings (SSSR count). The highest BCUT2D eigenvalue weighted by molar-refractivity contribution is 4.97. The lowest BCUT2D eigenvalue weighted by Crippen LogP contribution is -2.51. The first-order valence-corrected chi connectivity index (χ1v) is 3.82. The molecule has 1 aliphatic heterocycles. The minimum absolute atomic E-state index is 0.0903. The quantitative estimate of drug-likeness (QED) is 0.552. The summed E-state index contributed by atoms with van der Waals surface area (Å²) >= 11 is 0. The second-order valence-corrected chi connectivity index (χ2v) is 4.21. The summed E-state index contributed by atoms with van der Waals surface area (Å²) in [6.07, 6.45) is 0.997. The standard InChI is InChI=1S/C8H17NO/c1-7(2,3)8(9)4-5-10-6-8/h4-6,9H2,1-3H3/t8-/m0/s1. The molecule has 0 radical (unpaired) electrons.